The normalized spacial score (nSPS) is 16.7. The van der Waals surface area contributed by atoms with E-state index >= 15 is 0 Å². The molecule has 0 aromatic heterocycles. The van der Waals surface area contributed by atoms with E-state index in [9.17, 15) is 9.59 Å². The molecular weight excluding hydrogens is 276 g/mol. The zero-order valence-electron chi connectivity index (χ0n) is 12.0. The van der Waals surface area contributed by atoms with Crippen LogP contribution >= 0.6 is 0 Å². The highest BCUT2D eigenvalue weighted by Gasteiger charge is 2.28. The number of hydrogen-bond donors (Lipinski definition) is 1. The number of piperazine rings is 1. The highest BCUT2D eigenvalue weighted by Crippen LogP contribution is 2.18. The van der Waals surface area contributed by atoms with Crippen molar-refractivity contribution in [2.75, 3.05) is 6.54 Å². The lowest BCUT2D eigenvalue weighted by Gasteiger charge is -2.29. The van der Waals surface area contributed by atoms with Crippen LogP contribution in [-0.4, -0.2) is 23.3 Å². The first kappa shape index (κ1) is 14.1. The molecule has 0 atom stereocenters. The van der Waals surface area contributed by atoms with Gasteiger partial charge >= 0.3 is 0 Å². The molecule has 0 bridgehead atoms. The highest BCUT2D eigenvalue weighted by molar-refractivity contribution is 6.05. The largest absolute Gasteiger partial charge is 0.342 e. The summed E-state index contributed by atoms with van der Waals surface area (Å²) in [7, 11) is 0. The van der Waals surface area contributed by atoms with Gasteiger partial charge in [0.1, 0.15) is 5.70 Å². The van der Waals surface area contributed by atoms with Crippen LogP contribution in [0.2, 0.25) is 0 Å². The average Bonchev–Trinajstić information content (AvgIpc) is 2.56. The van der Waals surface area contributed by atoms with Crippen molar-refractivity contribution in [1.82, 2.24) is 10.2 Å². The molecule has 2 aromatic rings. The second kappa shape index (κ2) is 6.26. The molecule has 110 valence electrons. The highest BCUT2D eigenvalue weighted by atomic mass is 16.2. The molecule has 2 amide bonds. The summed E-state index contributed by atoms with van der Waals surface area (Å²) in [6.45, 7) is 0.434. The van der Waals surface area contributed by atoms with Crippen LogP contribution in [0.25, 0.3) is 6.08 Å². The van der Waals surface area contributed by atoms with Gasteiger partial charge in [0.2, 0.25) is 5.91 Å². The molecule has 1 saturated heterocycles. The molecule has 1 aliphatic rings. The first-order valence-corrected chi connectivity index (χ1v) is 7.13. The second-order valence-corrected chi connectivity index (χ2v) is 5.09. The van der Waals surface area contributed by atoms with E-state index in [1.165, 1.54) is 0 Å². The molecule has 0 saturated carbocycles. The maximum atomic E-state index is 12.2. The molecule has 1 heterocycles. The zero-order chi connectivity index (χ0) is 15.4. The van der Waals surface area contributed by atoms with E-state index in [1.54, 1.807) is 11.0 Å². The van der Waals surface area contributed by atoms with Gasteiger partial charge in [0.05, 0.1) is 13.1 Å². The Hall–Kier alpha value is -2.88. The number of carbonyl (C=O) groups excluding carboxylic acids is 2. The van der Waals surface area contributed by atoms with E-state index in [-0.39, 0.29) is 18.4 Å². The quantitative estimate of drug-likeness (QED) is 0.882. The van der Waals surface area contributed by atoms with Gasteiger partial charge in [0.15, 0.2) is 0 Å². The predicted molar refractivity (Wildman–Crippen MR) is 84.4 cm³/mol. The third-order valence-electron chi connectivity index (χ3n) is 3.51. The Morgan fingerprint density at radius 3 is 2.27 bits per heavy atom. The molecule has 4 heteroatoms. The Bertz CT molecular complexity index is 708. The van der Waals surface area contributed by atoms with Crippen LogP contribution in [0.3, 0.4) is 0 Å². The SMILES string of the molecule is O=C1NCC(=O)N(Cc2ccccc2)/C1=C/c1ccccc1. The minimum atomic E-state index is -0.223. The maximum Gasteiger partial charge on any atom is 0.268 e. The summed E-state index contributed by atoms with van der Waals surface area (Å²) in [5.74, 6) is -0.329. The van der Waals surface area contributed by atoms with E-state index < -0.39 is 0 Å². The lowest BCUT2D eigenvalue weighted by Crippen LogP contribution is -2.49. The van der Waals surface area contributed by atoms with Crippen molar-refractivity contribution >= 4 is 17.9 Å². The molecule has 0 radical (unpaired) electrons. The van der Waals surface area contributed by atoms with Gasteiger partial charge in [-0.3, -0.25) is 9.59 Å². The Balaban J connectivity index is 1.94. The molecule has 22 heavy (non-hydrogen) atoms. The number of rotatable bonds is 3. The number of nitrogens with zero attached hydrogens (tertiary/aromatic N) is 1. The summed E-state index contributed by atoms with van der Waals surface area (Å²) in [4.78, 5) is 25.9. The van der Waals surface area contributed by atoms with Crippen LogP contribution in [0.5, 0.6) is 0 Å². The lowest BCUT2D eigenvalue weighted by atomic mass is 10.1. The van der Waals surface area contributed by atoms with Gasteiger partial charge in [-0.05, 0) is 17.2 Å². The van der Waals surface area contributed by atoms with Gasteiger partial charge in [-0.25, -0.2) is 0 Å². The number of nitrogens with one attached hydrogen (secondary N) is 1. The van der Waals surface area contributed by atoms with Crippen molar-refractivity contribution in [2.45, 2.75) is 6.54 Å². The first-order chi connectivity index (χ1) is 10.7. The van der Waals surface area contributed by atoms with Crippen LogP contribution in [0.4, 0.5) is 0 Å². The fourth-order valence-corrected chi connectivity index (χ4v) is 2.39. The Morgan fingerprint density at radius 1 is 0.955 bits per heavy atom. The summed E-state index contributed by atoms with van der Waals surface area (Å²) < 4.78 is 0. The van der Waals surface area contributed by atoms with Crippen molar-refractivity contribution in [1.29, 1.82) is 0 Å². The second-order valence-electron chi connectivity index (χ2n) is 5.09. The minimum absolute atomic E-state index is 0.0395. The van der Waals surface area contributed by atoms with E-state index in [2.05, 4.69) is 5.32 Å². The van der Waals surface area contributed by atoms with Gasteiger partial charge in [-0.1, -0.05) is 60.7 Å². The van der Waals surface area contributed by atoms with Crippen molar-refractivity contribution in [3.8, 4) is 0 Å². The third kappa shape index (κ3) is 3.06. The van der Waals surface area contributed by atoms with Gasteiger partial charge in [-0.15, -0.1) is 0 Å². The van der Waals surface area contributed by atoms with Gasteiger partial charge in [-0.2, -0.15) is 0 Å². The van der Waals surface area contributed by atoms with Crippen molar-refractivity contribution in [3.05, 3.63) is 77.5 Å². The molecule has 1 N–H and O–H groups in total. The van der Waals surface area contributed by atoms with Crippen LogP contribution < -0.4 is 5.32 Å². The van der Waals surface area contributed by atoms with E-state index in [1.807, 2.05) is 60.7 Å². The number of hydrogen-bond acceptors (Lipinski definition) is 2. The van der Waals surface area contributed by atoms with Gasteiger partial charge in [0, 0.05) is 0 Å². The van der Waals surface area contributed by atoms with Crippen LogP contribution in [0.1, 0.15) is 11.1 Å². The lowest BCUT2D eigenvalue weighted by molar-refractivity contribution is -0.136. The van der Waals surface area contributed by atoms with Crippen molar-refractivity contribution < 1.29 is 9.59 Å². The average molecular weight is 292 g/mol. The maximum absolute atomic E-state index is 12.2. The van der Waals surface area contributed by atoms with Crippen molar-refractivity contribution in [2.24, 2.45) is 0 Å². The topological polar surface area (TPSA) is 49.4 Å². The molecular formula is C18H16N2O2. The van der Waals surface area contributed by atoms with Crippen LogP contribution in [-0.2, 0) is 16.1 Å². The number of carbonyl (C=O) groups is 2. The summed E-state index contributed by atoms with van der Waals surface area (Å²) in [5, 5.41) is 2.62. The first-order valence-electron chi connectivity index (χ1n) is 7.13. The fraction of sp³-hybridized carbons (Fsp3) is 0.111. The van der Waals surface area contributed by atoms with E-state index in [0.717, 1.165) is 11.1 Å². The van der Waals surface area contributed by atoms with Crippen LogP contribution in [0, 0.1) is 0 Å². The third-order valence-corrected chi connectivity index (χ3v) is 3.51. The smallest absolute Gasteiger partial charge is 0.268 e. The number of benzene rings is 2. The molecule has 1 fully saturated rings. The van der Waals surface area contributed by atoms with Crippen LogP contribution in [0.15, 0.2) is 66.4 Å². The summed E-state index contributed by atoms with van der Waals surface area (Å²) >= 11 is 0. The minimum Gasteiger partial charge on any atom is -0.342 e. The monoisotopic (exact) mass is 292 g/mol. The zero-order valence-corrected chi connectivity index (χ0v) is 12.0. The summed E-state index contributed by atoms with van der Waals surface area (Å²) in [6, 6.07) is 19.2. The molecule has 3 rings (SSSR count). The molecule has 2 aromatic carbocycles. The molecule has 0 unspecified atom stereocenters. The fourth-order valence-electron chi connectivity index (χ4n) is 2.39. The van der Waals surface area contributed by atoms with E-state index in [0.29, 0.717) is 12.2 Å². The number of amides is 2. The van der Waals surface area contributed by atoms with E-state index in [4.69, 9.17) is 0 Å². The van der Waals surface area contributed by atoms with Crippen molar-refractivity contribution in [3.63, 3.8) is 0 Å². The Labute approximate surface area is 129 Å². The summed E-state index contributed by atoms with van der Waals surface area (Å²) in [5.41, 5.74) is 2.26. The molecule has 0 aliphatic carbocycles. The Morgan fingerprint density at radius 2 is 1.59 bits per heavy atom. The molecule has 0 spiro atoms. The molecule has 1 aliphatic heterocycles. The van der Waals surface area contributed by atoms with Gasteiger partial charge in [0.25, 0.3) is 5.91 Å². The standard InChI is InChI=1S/C18H16N2O2/c21-17-12-19-18(22)16(11-14-7-3-1-4-8-14)20(17)13-15-9-5-2-6-10-15/h1-11H,12-13H2,(H,19,22)/b16-11+. The Kier molecular flexibility index (Phi) is 4.01. The van der Waals surface area contributed by atoms with Gasteiger partial charge < -0.3 is 10.2 Å². The predicted octanol–water partition coefficient (Wildman–Crippen LogP) is 2.19. The summed E-state index contributed by atoms with van der Waals surface area (Å²) in [6.07, 6.45) is 1.75. The molecule has 4 nitrogen and oxygen atoms in total.